The van der Waals surface area contributed by atoms with Gasteiger partial charge >= 0.3 is 0 Å². The zero-order valence-electron chi connectivity index (χ0n) is 18.6. The van der Waals surface area contributed by atoms with E-state index >= 15 is 0 Å². The minimum absolute atomic E-state index is 0.0158. The molecule has 0 aliphatic heterocycles. The van der Waals surface area contributed by atoms with Gasteiger partial charge in [0.25, 0.3) is 15.9 Å². The first kappa shape index (κ1) is 21.3. The molecule has 4 fully saturated rings. The van der Waals surface area contributed by atoms with Crippen LogP contribution in [0.4, 0.5) is 5.69 Å². The molecule has 4 aliphatic rings. The number of nitrogens with one attached hydrogen (secondary N) is 2. The van der Waals surface area contributed by atoms with Crippen LogP contribution in [0.3, 0.4) is 0 Å². The fourth-order valence-corrected chi connectivity index (χ4v) is 7.82. The number of methoxy groups -OCH3 is 1. The molecule has 2 N–H and O–H groups in total. The first-order valence-electron chi connectivity index (χ1n) is 11.4. The Morgan fingerprint density at radius 3 is 2.09 bits per heavy atom. The number of carbonyl (C=O) groups is 1. The Bertz CT molecular complexity index is 1110. The third-order valence-electron chi connectivity index (χ3n) is 7.74. The molecule has 0 spiro atoms. The van der Waals surface area contributed by atoms with E-state index in [-0.39, 0.29) is 15.9 Å². The van der Waals surface area contributed by atoms with Gasteiger partial charge < -0.3 is 10.1 Å². The molecule has 6 rings (SSSR count). The summed E-state index contributed by atoms with van der Waals surface area (Å²) in [6.07, 6.45) is 8.03. The standard InChI is InChI=1S/C25H30N2O4S/c1-26-24(28)22-12-21(7-8-23(22)31-2)32(29,30)27-20-5-3-19(4-6-20)25-13-16-9-17(14-25)11-18(10-16)15-25/h3-8,12,16-18,27H,9-11,13-15H2,1-2H3,(H,26,28). The fourth-order valence-electron chi connectivity index (χ4n) is 6.74. The van der Waals surface area contributed by atoms with Crippen LogP contribution in [-0.4, -0.2) is 28.5 Å². The van der Waals surface area contributed by atoms with E-state index < -0.39 is 15.9 Å². The molecular formula is C25H30N2O4S. The summed E-state index contributed by atoms with van der Waals surface area (Å²) in [5, 5.41) is 2.51. The van der Waals surface area contributed by atoms with Crippen LogP contribution in [0, 0.1) is 17.8 Å². The number of anilines is 1. The minimum atomic E-state index is -3.85. The molecule has 2 aromatic carbocycles. The number of hydrogen-bond acceptors (Lipinski definition) is 4. The monoisotopic (exact) mass is 454 g/mol. The Kier molecular flexibility index (Phi) is 5.19. The maximum atomic E-state index is 13.0. The van der Waals surface area contributed by atoms with E-state index in [1.807, 2.05) is 12.1 Å². The molecule has 0 radical (unpaired) electrons. The number of ether oxygens (including phenoxy) is 1. The molecule has 6 nitrogen and oxygen atoms in total. The number of hydrogen-bond donors (Lipinski definition) is 2. The molecule has 0 heterocycles. The summed E-state index contributed by atoms with van der Waals surface area (Å²) in [7, 11) is -0.909. The molecule has 4 aliphatic carbocycles. The van der Waals surface area contributed by atoms with E-state index in [1.165, 1.54) is 76.4 Å². The van der Waals surface area contributed by atoms with E-state index in [0.29, 0.717) is 11.4 Å². The maximum absolute atomic E-state index is 13.0. The van der Waals surface area contributed by atoms with Crippen molar-refractivity contribution in [2.75, 3.05) is 18.9 Å². The highest BCUT2D eigenvalue weighted by molar-refractivity contribution is 7.92. The summed E-state index contributed by atoms with van der Waals surface area (Å²) < 4.78 is 33.8. The largest absolute Gasteiger partial charge is 0.496 e. The third-order valence-corrected chi connectivity index (χ3v) is 9.12. The number of amides is 1. The van der Waals surface area contributed by atoms with Crippen molar-refractivity contribution in [3.05, 3.63) is 53.6 Å². The average Bonchev–Trinajstić information content (AvgIpc) is 2.77. The molecule has 7 heteroatoms. The second-order valence-corrected chi connectivity index (χ2v) is 11.5. The Morgan fingerprint density at radius 2 is 1.56 bits per heavy atom. The third kappa shape index (κ3) is 3.66. The van der Waals surface area contributed by atoms with Crippen molar-refractivity contribution < 1.29 is 17.9 Å². The van der Waals surface area contributed by atoms with Gasteiger partial charge in [-0.15, -0.1) is 0 Å². The maximum Gasteiger partial charge on any atom is 0.261 e. The van der Waals surface area contributed by atoms with Crippen LogP contribution in [0.15, 0.2) is 47.4 Å². The lowest BCUT2D eigenvalue weighted by atomic mass is 9.48. The first-order chi connectivity index (χ1) is 15.3. The molecule has 4 bridgehead atoms. The summed E-state index contributed by atoms with van der Waals surface area (Å²) >= 11 is 0. The van der Waals surface area contributed by atoms with Crippen LogP contribution in [0.25, 0.3) is 0 Å². The van der Waals surface area contributed by atoms with Crippen molar-refractivity contribution in [3.63, 3.8) is 0 Å². The van der Waals surface area contributed by atoms with Crippen molar-refractivity contribution in [2.24, 2.45) is 17.8 Å². The zero-order chi connectivity index (χ0) is 22.5. The molecule has 1 amide bonds. The first-order valence-corrected chi connectivity index (χ1v) is 12.8. The van der Waals surface area contributed by atoms with Crippen LogP contribution in [0.1, 0.15) is 54.4 Å². The molecule has 0 unspecified atom stereocenters. The minimum Gasteiger partial charge on any atom is -0.496 e. The molecule has 0 saturated heterocycles. The number of carbonyl (C=O) groups excluding carboxylic acids is 1. The normalized spacial score (nSPS) is 28.4. The van der Waals surface area contributed by atoms with Crippen LogP contribution in [0.2, 0.25) is 0 Å². The van der Waals surface area contributed by atoms with Crippen molar-refractivity contribution >= 4 is 21.6 Å². The average molecular weight is 455 g/mol. The van der Waals surface area contributed by atoms with Gasteiger partial charge in [-0.2, -0.15) is 0 Å². The summed E-state index contributed by atoms with van der Waals surface area (Å²) in [6.45, 7) is 0. The molecular weight excluding hydrogens is 424 g/mol. The van der Waals surface area contributed by atoms with E-state index in [4.69, 9.17) is 4.74 Å². The van der Waals surface area contributed by atoms with Crippen LogP contribution < -0.4 is 14.8 Å². The van der Waals surface area contributed by atoms with Gasteiger partial charge in [-0.25, -0.2) is 8.42 Å². The van der Waals surface area contributed by atoms with Crippen molar-refractivity contribution in [1.29, 1.82) is 0 Å². The van der Waals surface area contributed by atoms with Gasteiger partial charge in [0.15, 0.2) is 0 Å². The number of benzene rings is 2. The SMILES string of the molecule is CNC(=O)c1cc(S(=O)(=O)Nc2ccc(C34CC5CC(CC(C5)C3)C4)cc2)ccc1OC. The highest BCUT2D eigenvalue weighted by Gasteiger charge is 2.51. The van der Waals surface area contributed by atoms with Gasteiger partial charge in [-0.3, -0.25) is 9.52 Å². The van der Waals surface area contributed by atoms with Crippen molar-refractivity contribution in [2.45, 2.75) is 48.8 Å². The molecule has 0 atom stereocenters. The summed E-state index contributed by atoms with van der Waals surface area (Å²) in [5.74, 6) is 2.51. The summed E-state index contributed by atoms with van der Waals surface area (Å²) in [5.41, 5.74) is 2.33. The van der Waals surface area contributed by atoms with Crippen LogP contribution in [0.5, 0.6) is 5.75 Å². The van der Waals surface area contributed by atoms with E-state index in [0.717, 1.165) is 17.8 Å². The lowest BCUT2D eigenvalue weighted by Gasteiger charge is -2.57. The smallest absolute Gasteiger partial charge is 0.261 e. The Hall–Kier alpha value is -2.54. The van der Waals surface area contributed by atoms with Gasteiger partial charge in [0.05, 0.1) is 17.6 Å². The van der Waals surface area contributed by atoms with Gasteiger partial charge in [0.2, 0.25) is 0 Å². The Labute approximate surface area is 189 Å². The van der Waals surface area contributed by atoms with Crippen molar-refractivity contribution in [1.82, 2.24) is 5.32 Å². The quantitative estimate of drug-likeness (QED) is 0.681. The topological polar surface area (TPSA) is 84.5 Å². The van der Waals surface area contributed by atoms with Gasteiger partial charge in [0.1, 0.15) is 5.75 Å². The molecule has 0 aromatic heterocycles. The van der Waals surface area contributed by atoms with Gasteiger partial charge in [0, 0.05) is 12.7 Å². The molecule has 170 valence electrons. The van der Waals surface area contributed by atoms with Crippen LogP contribution in [-0.2, 0) is 15.4 Å². The second-order valence-electron chi connectivity index (χ2n) is 9.82. The lowest BCUT2D eigenvalue weighted by molar-refractivity contribution is -0.00518. The van der Waals surface area contributed by atoms with Crippen LogP contribution >= 0.6 is 0 Å². The second kappa shape index (κ2) is 7.80. The zero-order valence-corrected chi connectivity index (χ0v) is 19.4. The Balaban J connectivity index is 1.37. The molecule has 4 saturated carbocycles. The van der Waals surface area contributed by atoms with E-state index in [2.05, 4.69) is 22.2 Å². The highest BCUT2D eigenvalue weighted by Crippen LogP contribution is 2.60. The predicted octanol–water partition coefficient (Wildman–Crippen LogP) is 4.32. The summed E-state index contributed by atoms with van der Waals surface area (Å²) in [6, 6.07) is 12.2. The lowest BCUT2D eigenvalue weighted by Crippen LogP contribution is -2.48. The highest BCUT2D eigenvalue weighted by atomic mass is 32.2. The Morgan fingerprint density at radius 1 is 0.969 bits per heavy atom. The van der Waals surface area contributed by atoms with E-state index in [9.17, 15) is 13.2 Å². The van der Waals surface area contributed by atoms with E-state index in [1.54, 1.807) is 0 Å². The van der Waals surface area contributed by atoms with Gasteiger partial charge in [-0.05, 0) is 97.6 Å². The van der Waals surface area contributed by atoms with Crippen molar-refractivity contribution in [3.8, 4) is 5.75 Å². The predicted molar refractivity (Wildman–Crippen MR) is 123 cm³/mol. The number of rotatable bonds is 6. The fraction of sp³-hybridized carbons (Fsp3) is 0.480. The molecule has 32 heavy (non-hydrogen) atoms. The number of sulfonamides is 1. The molecule has 2 aromatic rings. The summed E-state index contributed by atoms with van der Waals surface area (Å²) in [4.78, 5) is 12.1. The van der Waals surface area contributed by atoms with Gasteiger partial charge in [-0.1, -0.05) is 12.1 Å².